The highest BCUT2D eigenvalue weighted by atomic mass is 16.5. The Bertz CT molecular complexity index is 444. The average Bonchev–Trinajstić information content (AvgIpc) is 3.04. The van der Waals surface area contributed by atoms with Gasteiger partial charge in [0.25, 0.3) is 0 Å². The molecule has 1 aromatic rings. The van der Waals surface area contributed by atoms with Crippen LogP contribution in [0.1, 0.15) is 31.4 Å². The normalized spacial score (nSPS) is 17.0. The van der Waals surface area contributed by atoms with E-state index in [0.717, 1.165) is 18.8 Å². The van der Waals surface area contributed by atoms with Gasteiger partial charge in [0.15, 0.2) is 0 Å². The van der Waals surface area contributed by atoms with Crippen molar-refractivity contribution >= 4 is 5.69 Å². The van der Waals surface area contributed by atoms with Gasteiger partial charge in [-0.1, -0.05) is 6.07 Å². The van der Waals surface area contributed by atoms with Crippen molar-refractivity contribution < 1.29 is 4.74 Å². The molecule has 0 aliphatic carbocycles. The van der Waals surface area contributed by atoms with E-state index in [4.69, 9.17) is 4.74 Å². The van der Waals surface area contributed by atoms with E-state index in [9.17, 15) is 0 Å². The maximum Gasteiger partial charge on any atom is 0.125 e. The third-order valence-corrected chi connectivity index (χ3v) is 4.49. The third kappa shape index (κ3) is 3.89. The number of anilines is 1. The van der Waals surface area contributed by atoms with Crippen molar-refractivity contribution in [2.45, 2.75) is 25.8 Å². The van der Waals surface area contributed by atoms with Gasteiger partial charge in [-0.3, -0.25) is 0 Å². The predicted molar refractivity (Wildman–Crippen MR) is 89.4 cm³/mol. The molecule has 0 radical (unpaired) electrons. The SMILES string of the molecule is CNC(C)c1c(OC)cccc1N(C)CCN1CCCC1. The smallest absolute Gasteiger partial charge is 0.125 e. The van der Waals surface area contributed by atoms with E-state index >= 15 is 0 Å². The Morgan fingerprint density at radius 3 is 2.67 bits per heavy atom. The third-order valence-electron chi connectivity index (χ3n) is 4.49. The minimum absolute atomic E-state index is 0.269. The second-order valence-electron chi connectivity index (χ2n) is 5.87. The Hall–Kier alpha value is -1.26. The Morgan fingerprint density at radius 1 is 1.33 bits per heavy atom. The van der Waals surface area contributed by atoms with Crippen molar-refractivity contribution in [3.05, 3.63) is 23.8 Å². The van der Waals surface area contributed by atoms with Crippen LogP contribution in [-0.2, 0) is 0 Å². The Kier molecular flexibility index (Phi) is 5.88. The summed E-state index contributed by atoms with van der Waals surface area (Å²) >= 11 is 0. The molecule has 1 aliphatic rings. The van der Waals surface area contributed by atoms with Gasteiger partial charge in [-0.25, -0.2) is 0 Å². The lowest BCUT2D eigenvalue weighted by Gasteiger charge is -2.28. The van der Waals surface area contributed by atoms with Crippen molar-refractivity contribution in [2.75, 3.05) is 52.3 Å². The highest BCUT2D eigenvalue weighted by molar-refractivity contribution is 5.60. The largest absolute Gasteiger partial charge is 0.496 e. The van der Waals surface area contributed by atoms with E-state index in [0.29, 0.717) is 0 Å². The van der Waals surface area contributed by atoms with E-state index < -0.39 is 0 Å². The van der Waals surface area contributed by atoms with Gasteiger partial charge in [-0.05, 0) is 52.0 Å². The van der Waals surface area contributed by atoms with Gasteiger partial charge in [0.1, 0.15) is 5.75 Å². The van der Waals surface area contributed by atoms with Crippen LogP contribution in [-0.4, -0.2) is 52.3 Å². The fraction of sp³-hybridized carbons (Fsp3) is 0.647. The van der Waals surface area contributed by atoms with Gasteiger partial charge in [0, 0.05) is 37.4 Å². The molecule has 0 bridgehead atoms. The molecule has 0 spiro atoms. The van der Waals surface area contributed by atoms with Gasteiger partial charge in [-0.15, -0.1) is 0 Å². The second-order valence-corrected chi connectivity index (χ2v) is 5.87. The fourth-order valence-corrected chi connectivity index (χ4v) is 3.04. The van der Waals surface area contributed by atoms with Crippen molar-refractivity contribution in [1.29, 1.82) is 0 Å². The number of likely N-dealkylation sites (N-methyl/N-ethyl adjacent to an activating group) is 1. The molecule has 1 N–H and O–H groups in total. The van der Waals surface area contributed by atoms with Crippen molar-refractivity contribution in [1.82, 2.24) is 10.2 Å². The monoisotopic (exact) mass is 291 g/mol. The van der Waals surface area contributed by atoms with Gasteiger partial charge in [0.05, 0.1) is 7.11 Å². The molecule has 1 aliphatic heterocycles. The maximum absolute atomic E-state index is 5.56. The molecular weight excluding hydrogens is 262 g/mol. The van der Waals surface area contributed by atoms with Crippen LogP contribution in [0, 0.1) is 0 Å². The Morgan fingerprint density at radius 2 is 2.05 bits per heavy atom. The van der Waals surface area contributed by atoms with E-state index in [2.05, 4.69) is 41.2 Å². The van der Waals surface area contributed by atoms with Crippen molar-refractivity contribution in [3.63, 3.8) is 0 Å². The molecule has 1 heterocycles. The number of likely N-dealkylation sites (tertiary alicyclic amines) is 1. The summed E-state index contributed by atoms with van der Waals surface area (Å²) in [5.74, 6) is 0.961. The quantitative estimate of drug-likeness (QED) is 0.835. The summed E-state index contributed by atoms with van der Waals surface area (Å²) in [5.41, 5.74) is 2.50. The molecule has 1 unspecified atom stereocenters. The van der Waals surface area contributed by atoms with Crippen molar-refractivity contribution in [3.8, 4) is 5.75 Å². The van der Waals surface area contributed by atoms with Crippen LogP contribution < -0.4 is 15.0 Å². The lowest BCUT2D eigenvalue weighted by atomic mass is 10.0. The molecule has 0 saturated carbocycles. The summed E-state index contributed by atoms with van der Waals surface area (Å²) in [6.45, 7) is 6.88. The number of ether oxygens (including phenoxy) is 1. The summed E-state index contributed by atoms with van der Waals surface area (Å²) in [6.07, 6.45) is 2.70. The highest BCUT2D eigenvalue weighted by Gasteiger charge is 2.18. The number of nitrogens with zero attached hydrogens (tertiary/aromatic N) is 2. The van der Waals surface area contributed by atoms with E-state index in [1.807, 2.05) is 13.1 Å². The fourth-order valence-electron chi connectivity index (χ4n) is 3.04. The molecule has 0 amide bonds. The van der Waals surface area contributed by atoms with E-state index in [1.54, 1.807) is 7.11 Å². The number of nitrogens with one attached hydrogen (secondary N) is 1. The molecule has 1 fully saturated rings. The van der Waals surface area contributed by atoms with Crippen LogP contribution in [0.2, 0.25) is 0 Å². The zero-order valence-electron chi connectivity index (χ0n) is 13.9. The number of rotatable bonds is 7. The topological polar surface area (TPSA) is 27.7 Å². The maximum atomic E-state index is 5.56. The molecule has 118 valence electrons. The summed E-state index contributed by atoms with van der Waals surface area (Å²) in [5, 5.41) is 3.33. The number of hydrogen-bond donors (Lipinski definition) is 1. The molecule has 1 atom stereocenters. The molecule has 4 heteroatoms. The van der Waals surface area contributed by atoms with Crippen LogP contribution in [0.3, 0.4) is 0 Å². The zero-order valence-corrected chi connectivity index (χ0v) is 13.9. The summed E-state index contributed by atoms with van der Waals surface area (Å²) in [6, 6.07) is 6.58. The van der Waals surface area contributed by atoms with Crippen molar-refractivity contribution in [2.24, 2.45) is 0 Å². The Labute approximate surface area is 129 Å². The lowest BCUT2D eigenvalue weighted by molar-refractivity contribution is 0.346. The first-order chi connectivity index (χ1) is 10.2. The molecule has 4 nitrogen and oxygen atoms in total. The molecular formula is C17H29N3O. The predicted octanol–water partition coefficient (Wildman–Crippen LogP) is 2.51. The lowest BCUT2D eigenvalue weighted by Crippen LogP contribution is -2.32. The molecule has 0 aromatic heterocycles. The molecule has 1 aromatic carbocycles. The van der Waals surface area contributed by atoms with Gasteiger partial charge in [0.2, 0.25) is 0 Å². The molecule has 21 heavy (non-hydrogen) atoms. The molecule has 1 saturated heterocycles. The summed E-state index contributed by atoms with van der Waals surface area (Å²) in [4.78, 5) is 4.90. The first kappa shape index (κ1) is 16.1. The van der Waals surface area contributed by atoms with Crippen LogP contribution in [0.4, 0.5) is 5.69 Å². The van der Waals surface area contributed by atoms with Crippen LogP contribution in [0.5, 0.6) is 5.75 Å². The zero-order chi connectivity index (χ0) is 15.2. The average molecular weight is 291 g/mol. The van der Waals surface area contributed by atoms with E-state index in [-0.39, 0.29) is 6.04 Å². The first-order valence-electron chi connectivity index (χ1n) is 7.95. The van der Waals surface area contributed by atoms with Gasteiger partial charge in [-0.2, -0.15) is 0 Å². The number of methoxy groups -OCH3 is 1. The second kappa shape index (κ2) is 7.66. The molecule has 2 rings (SSSR count). The standard InChI is InChI=1S/C17H29N3O/c1-14(18-2)17-15(8-7-9-16(17)21-4)19(3)12-13-20-10-5-6-11-20/h7-9,14,18H,5-6,10-13H2,1-4H3. The minimum atomic E-state index is 0.269. The highest BCUT2D eigenvalue weighted by Crippen LogP contribution is 2.33. The van der Waals surface area contributed by atoms with Crippen LogP contribution >= 0.6 is 0 Å². The Balaban J connectivity index is 2.12. The van der Waals surface area contributed by atoms with Crippen LogP contribution in [0.25, 0.3) is 0 Å². The summed E-state index contributed by atoms with van der Waals surface area (Å²) < 4.78 is 5.56. The van der Waals surface area contributed by atoms with E-state index in [1.165, 1.54) is 37.2 Å². The number of benzene rings is 1. The van der Waals surface area contributed by atoms with Gasteiger partial charge >= 0.3 is 0 Å². The van der Waals surface area contributed by atoms with Crippen LogP contribution in [0.15, 0.2) is 18.2 Å². The first-order valence-corrected chi connectivity index (χ1v) is 7.95. The number of hydrogen-bond acceptors (Lipinski definition) is 4. The summed E-state index contributed by atoms with van der Waals surface area (Å²) in [7, 11) is 5.91. The van der Waals surface area contributed by atoms with Gasteiger partial charge < -0.3 is 19.9 Å². The minimum Gasteiger partial charge on any atom is -0.496 e.